The molecular formula is C19H28N2O6S. The molecule has 1 aromatic carbocycles. The number of hydrogen-bond donors (Lipinski definition) is 1. The summed E-state index contributed by atoms with van der Waals surface area (Å²) < 4.78 is 32.4. The van der Waals surface area contributed by atoms with E-state index in [2.05, 4.69) is 0 Å². The fraction of sp³-hybridized carbons (Fsp3) is 0.579. The van der Waals surface area contributed by atoms with Crippen LogP contribution in [0.2, 0.25) is 0 Å². The number of benzene rings is 1. The molecule has 0 bridgehead atoms. The van der Waals surface area contributed by atoms with Gasteiger partial charge in [0.15, 0.2) is 0 Å². The lowest BCUT2D eigenvalue weighted by atomic mass is 9.94. The Morgan fingerprint density at radius 2 is 1.75 bits per heavy atom. The molecule has 1 heterocycles. The molecule has 2 atom stereocenters. The molecule has 9 heteroatoms. The lowest BCUT2D eigenvalue weighted by Gasteiger charge is -2.40. The minimum atomic E-state index is -3.83. The van der Waals surface area contributed by atoms with Crippen molar-refractivity contribution in [1.29, 1.82) is 0 Å². The predicted molar refractivity (Wildman–Crippen MR) is 103 cm³/mol. The summed E-state index contributed by atoms with van der Waals surface area (Å²) in [6.07, 6.45) is -0.527. The van der Waals surface area contributed by atoms with Gasteiger partial charge in [-0.15, -0.1) is 0 Å². The maximum Gasteiger partial charge on any atom is 0.410 e. The second-order valence-corrected chi connectivity index (χ2v) is 10.1. The Hall–Kier alpha value is -2.13. The van der Waals surface area contributed by atoms with E-state index in [4.69, 9.17) is 4.74 Å². The molecule has 1 aromatic rings. The van der Waals surface area contributed by atoms with Crippen LogP contribution < -0.4 is 0 Å². The number of aliphatic carboxylic acids is 1. The standard InChI is InChI=1S/C19H28N2O6S/c1-13-6-8-16(9-7-13)28(25,26)20(5)15-10-14(17(22)23)11-21(12-15)18(24)27-19(2,3)4/h6-9,14-15H,10-12H2,1-5H3,(H,22,23). The monoisotopic (exact) mass is 412 g/mol. The van der Waals surface area contributed by atoms with Crippen LogP contribution in [0.1, 0.15) is 32.8 Å². The Kier molecular flexibility index (Phi) is 6.40. The Bertz CT molecular complexity index is 829. The van der Waals surface area contributed by atoms with Crippen molar-refractivity contribution in [2.24, 2.45) is 5.92 Å². The van der Waals surface area contributed by atoms with Gasteiger partial charge in [-0.25, -0.2) is 13.2 Å². The van der Waals surface area contributed by atoms with Crippen molar-refractivity contribution in [2.75, 3.05) is 20.1 Å². The maximum atomic E-state index is 13.0. The third kappa shape index (κ3) is 5.23. The summed E-state index contributed by atoms with van der Waals surface area (Å²) in [5.74, 6) is -1.94. The van der Waals surface area contributed by atoms with E-state index in [1.807, 2.05) is 6.92 Å². The molecule has 2 unspecified atom stereocenters. The third-order valence-electron chi connectivity index (χ3n) is 4.64. The Morgan fingerprint density at radius 1 is 1.18 bits per heavy atom. The lowest BCUT2D eigenvalue weighted by molar-refractivity contribution is -0.144. The van der Waals surface area contributed by atoms with E-state index in [1.54, 1.807) is 32.9 Å². The summed E-state index contributed by atoms with van der Waals surface area (Å²) in [4.78, 5) is 25.4. The van der Waals surface area contributed by atoms with E-state index in [0.717, 1.165) is 9.87 Å². The van der Waals surface area contributed by atoms with Gasteiger partial charge in [0.05, 0.1) is 10.8 Å². The molecule has 2 rings (SSSR count). The topological polar surface area (TPSA) is 104 Å². The molecule has 1 saturated heterocycles. The number of sulfonamides is 1. The number of likely N-dealkylation sites (N-methyl/N-ethyl adjacent to an activating group) is 1. The largest absolute Gasteiger partial charge is 0.481 e. The minimum Gasteiger partial charge on any atom is -0.481 e. The molecule has 0 aliphatic carbocycles. The quantitative estimate of drug-likeness (QED) is 0.814. The summed E-state index contributed by atoms with van der Waals surface area (Å²) in [6, 6.07) is 5.77. The summed E-state index contributed by atoms with van der Waals surface area (Å²) in [5.41, 5.74) is 0.198. The molecule has 0 spiro atoms. The van der Waals surface area contributed by atoms with E-state index < -0.39 is 39.6 Å². The van der Waals surface area contributed by atoms with Crippen LogP contribution >= 0.6 is 0 Å². The summed E-state index contributed by atoms with van der Waals surface area (Å²) in [7, 11) is -2.41. The molecular weight excluding hydrogens is 384 g/mol. The van der Waals surface area contributed by atoms with Crippen LogP contribution in [0.15, 0.2) is 29.2 Å². The van der Waals surface area contributed by atoms with E-state index in [1.165, 1.54) is 24.1 Å². The van der Waals surface area contributed by atoms with Crippen LogP contribution in [0.5, 0.6) is 0 Å². The van der Waals surface area contributed by atoms with Crippen molar-refractivity contribution in [3.63, 3.8) is 0 Å². The minimum absolute atomic E-state index is 0.0147. The number of rotatable bonds is 4. The highest BCUT2D eigenvalue weighted by Crippen LogP contribution is 2.26. The van der Waals surface area contributed by atoms with Crippen molar-refractivity contribution < 1.29 is 27.9 Å². The molecule has 28 heavy (non-hydrogen) atoms. The van der Waals surface area contributed by atoms with Gasteiger partial charge >= 0.3 is 12.1 Å². The van der Waals surface area contributed by atoms with Crippen molar-refractivity contribution in [2.45, 2.75) is 50.7 Å². The van der Waals surface area contributed by atoms with Crippen LogP contribution in [0.3, 0.4) is 0 Å². The number of carboxylic acid groups (broad SMARTS) is 1. The molecule has 1 aliphatic heterocycles. The maximum absolute atomic E-state index is 13.0. The SMILES string of the molecule is Cc1ccc(S(=O)(=O)N(C)C2CC(C(=O)O)CN(C(=O)OC(C)(C)C)C2)cc1. The van der Waals surface area contributed by atoms with E-state index in [9.17, 15) is 23.1 Å². The third-order valence-corrected chi connectivity index (χ3v) is 6.57. The molecule has 156 valence electrons. The first-order chi connectivity index (χ1) is 12.8. The molecule has 1 amide bonds. The normalized spacial score (nSPS) is 20.9. The number of hydrogen-bond acceptors (Lipinski definition) is 5. The first kappa shape index (κ1) is 22.2. The number of piperidine rings is 1. The van der Waals surface area contributed by atoms with Gasteiger partial charge < -0.3 is 14.7 Å². The van der Waals surface area contributed by atoms with Gasteiger partial charge in [-0.05, 0) is 46.2 Å². The van der Waals surface area contributed by atoms with Crippen LogP contribution in [0.4, 0.5) is 4.79 Å². The van der Waals surface area contributed by atoms with Gasteiger partial charge in [-0.1, -0.05) is 17.7 Å². The molecule has 0 aromatic heterocycles. The van der Waals surface area contributed by atoms with Crippen LogP contribution in [0, 0.1) is 12.8 Å². The summed E-state index contributed by atoms with van der Waals surface area (Å²) in [6.45, 7) is 7.07. The average molecular weight is 413 g/mol. The van der Waals surface area contributed by atoms with E-state index >= 15 is 0 Å². The number of ether oxygens (including phenoxy) is 1. The van der Waals surface area contributed by atoms with E-state index in [-0.39, 0.29) is 24.4 Å². The van der Waals surface area contributed by atoms with Crippen molar-refractivity contribution in [3.8, 4) is 0 Å². The Morgan fingerprint density at radius 3 is 2.25 bits per heavy atom. The molecule has 1 N–H and O–H groups in total. The fourth-order valence-electron chi connectivity index (χ4n) is 3.06. The second kappa shape index (κ2) is 8.08. The smallest absolute Gasteiger partial charge is 0.410 e. The number of nitrogens with zero attached hydrogens (tertiary/aromatic N) is 2. The fourth-order valence-corrected chi connectivity index (χ4v) is 4.42. The zero-order valence-corrected chi connectivity index (χ0v) is 17.7. The first-order valence-electron chi connectivity index (χ1n) is 9.06. The van der Waals surface area contributed by atoms with Crippen LogP contribution in [-0.2, 0) is 19.6 Å². The number of amides is 1. The number of carboxylic acids is 1. The van der Waals surface area contributed by atoms with Gasteiger partial charge in [0.25, 0.3) is 0 Å². The highest BCUT2D eigenvalue weighted by atomic mass is 32.2. The Balaban J connectivity index is 2.27. The molecule has 1 aliphatic rings. The van der Waals surface area contributed by atoms with Gasteiger partial charge in [0.2, 0.25) is 10.0 Å². The molecule has 8 nitrogen and oxygen atoms in total. The van der Waals surface area contributed by atoms with Crippen molar-refractivity contribution >= 4 is 22.1 Å². The highest BCUT2D eigenvalue weighted by molar-refractivity contribution is 7.89. The van der Waals surface area contributed by atoms with Gasteiger partial charge in [-0.3, -0.25) is 4.79 Å². The number of carbonyl (C=O) groups is 2. The molecule has 0 saturated carbocycles. The zero-order valence-electron chi connectivity index (χ0n) is 16.9. The van der Waals surface area contributed by atoms with Gasteiger partial charge in [0, 0.05) is 26.2 Å². The zero-order chi connectivity index (χ0) is 21.3. The Labute approximate surface area is 166 Å². The molecule has 0 radical (unpaired) electrons. The number of aryl methyl sites for hydroxylation is 1. The van der Waals surface area contributed by atoms with Crippen molar-refractivity contribution in [3.05, 3.63) is 29.8 Å². The van der Waals surface area contributed by atoms with Crippen molar-refractivity contribution in [1.82, 2.24) is 9.21 Å². The van der Waals surface area contributed by atoms with Crippen LogP contribution in [0.25, 0.3) is 0 Å². The number of likely N-dealkylation sites (tertiary alicyclic amines) is 1. The first-order valence-corrected chi connectivity index (χ1v) is 10.5. The van der Waals surface area contributed by atoms with Crippen LogP contribution in [-0.4, -0.2) is 66.6 Å². The van der Waals surface area contributed by atoms with E-state index in [0.29, 0.717) is 0 Å². The molecule has 1 fully saturated rings. The van der Waals surface area contributed by atoms with Gasteiger partial charge in [-0.2, -0.15) is 4.31 Å². The summed E-state index contributed by atoms with van der Waals surface area (Å²) in [5, 5.41) is 9.47. The lowest BCUT2D eigenvalue weighted by Crippen LogP contribution is -2.55. The van der Waals surface area contributed by atoms with Gasteiger partial charge in [0.1, 0.15) is 5.60 Å². The number of carbonyl (C=O) groups excluding carboxylic acids is 1. The average Bonchev–Trinajstić information content (AvgIpc) is 2.59. The highest BCUT2D eigenvalue weighted by Gasteiger charge is 2.40. The summed E-state index contributed by atoms with van der Waals surface area (Å²) >= 11 is 0. The second-order valence-electron chi connectivity index (χ2n) is 8.14. The predicted octanol–water partition coefficient (Wildman–Crippen LogP) is 2.33.